The standard InChI is InChI=1S/C23H22F2N4O2S/c24-20-6-3-18(4-7-20)19-5-8-23(29-12-13-32(25,30)31)21(14-19)22(26)9-11-28-16-17-2-1-10-27-15-17/h1-11,14-15,29H,12-13,16,26H2/b22-9-,28-11?. The lowest BCUT2D eigenvalue weighted by Crippen LogP contribution is -2.13. The van der Waals surface area contributed by atoms with Crippen LogP contribution < -0.4 is 11.1 Å². The van der Waals surface area contributed by atoms with Crippen LogP contribution in [0.25, 0.3) is 16.8 Å². The fraction of sp³-hybridized carbons (Fsp3) is 0.130. The summed E-state index contributed by atoms with van der Waals surface area (Å²) in [5.74, 6) is -1.01. The van der Waals surface area contributed by atoms with E-state index < -0.39 is 16.0 Å². The van der Waals surface area contributed by atoms with E-state index in [0.717, 1.165) is 16.7 Å². The van der Waals surface area contributed by atoms with Crippen molar-refractivity contribution in [3.63, 3.8) is 0 Å². The van der Waals surface area contributed by atoms with Gasteiger partial charge in [0.25, 0.3) is 0 Å². The first-order valence-corrected chi connectivity index (χ1v) is 11.3. The minimum atomic E-state index is -4.60. The molecule has 0 amide bonds. The first-order valence-electron chi connectivity index (χ1n) is 9.73. The van der Waals surface area contributed by atoms with E-state index in [1.807, 2.05) is 12.1 Å². The van der Waals surface area contributed by atoms with Crippen molar-refractivity contribution in [2.75, 3.05) is 17.6 Å². The van der Waals surface area contributed by atoms with Crippen molar-refractivity contribution in [3.05, 3.63) is 90.0 Å². The quantitative estimate of drug-likeness (QED) is 0.372. The molecule has 32 heavy (non-hydrogen) atoms. The van der Waals surface area contributed by atoms with Crippen molar-refractivity contribution in [2.45, 2.75) is 6.54 Å². The Hall–Kier alpha value is -3.59. The van der Waals surface area contributed by atoms with Crippen molar-refractivity contribution < 1.29 is 16.7 Å². The van der Waals surface area contributed by atoms with Crippen LogP contribution in [0.1, 0.15) is 11.1 Å². The predicted octanol–water partition coefficient (Wildman–Crippen LogP) is 4.17. The van der Waals surface area contributed by atoms with Crippen LogP contribution in [0, 0.1) is 5.82 Å². The Kier molecular flexibility index (Phi) is 7.67. The van der Waals surface area contributed by atoms with E-state index >= 15 is 0 Å². The summed E-state index contributed by atoms with van der Waals surface area (Å²) in [6, 6.07) is 15.0. The number of aromatic nitrogens is 1. The van der Waals surface area contributed by atoms with Gasteiger partial charge in [0.2, 0.25) is 0 Å². The summed E-state index contributed by atoms with van der Waals surface area (Å²) in [5, 5.41) is 2.90. The van der Waals surface area contributed by atoms with Crippen molar-refractivity contribution in [1.29, 1.82) is 0 Å². The Labute approximate surface area is 185 Å². The molecule has 166 valence electrons. The third-order valence-corrected chi connectivity index (χ3v) is 5.22. The predicted molar refractivity (Wildman–Crippen MR) is 124 cm³/mol. The fourth-order valence-electron chi connectivity index (χ4n) is 2.94. The van der Waals surface area contributed by atoms with E-state index in [1.165, 1.54) is 12.1 Å². The first kappa shape index (κ1) is 23.1. The van der Waals surface area contributed by atoms with Gasteiger partial charge >= 0.3 is 10.2 Å². The molecule has 0 aliphatic carbocycles. The molecule has 1 aromatic heterocycles. The maximum Gasteiger partial charge on any atom is 0.304 e. The zero-order valence-electron chi connectivity index (χ0n) is 17.1. The maximum atomic E-state index is 13.3. The molecule has 0 radical (unpaired) electrons. The van der Waals surface area contributed by atoms with Crippen LogP contribution >= 0.6 is 0 Å². The van der Waals surface area contributed by atoms with Gasteiger partial charge in [0.15, 0.2) is 0 Å². The monoisotopic (exact) mass is 456 g/mol. The number of allylic oxidation sites excluding steroid dienone is 1. The van der Waals surface area contributed by atoms with E-state index in [-0.39, 0.29) is 12.4 Å². The molecule has 0 saturated heterocycles. The molecule has 3 aromatic rings. The lowest BCUT2D eigenvalue weighted by atomic mass is 10.00. The highest BCUT2D eigenvalue weighted by Gasteiger charge is 2.11. The van der Waals surface area contributed by atoms with Crippen molar-refractivity contribution in [2.24, 2.45) is 10.7 Å². The Morgan fingerprint density at radius 3 is 2.56 bits per heavy atom. The lowest BCUT2D eigenvalue weighted by Gasteiger charge is -2.14. The Balaban J connectivity index is 1.85. The summed E-state index contributed by atoms with van der Waals surface area (Å²) in [5.41, 5.74) is 10.3. The third-order valence-electron chi connectivity index (χ3n) is 4.53. The number of benzene rings is 2. The fourth-order valence-corrected chi connectivity index (χ4v) is 3.29. The number of nitrogens with one attached hydrogen (secondary N) is 1. The van der Waals surface area contributed by atoms with Gasteiger partial charge in [0.05, 0.1) is 12.3 Å². The van der Waals surface area contributed by atoms with Gasteiger partial charge in [-0.05, 0) is 53.1 Å². The molecule has 0 fully saturated rings. The maximum absolute atomic E-state index is 13.3. The molecule has 3 rings (SSSR count). The van der Waals surface area contributed by atoms with Gasteiger partial charge in [-0.15, -0.1) is 3.89 Å². The number of anilines is 1. The number of nitrogens with zero attached hydrogens (tertiary/aromatic N) is 2. The average molecular weight is 457 g/mol. The highest BCUT2D eigenvalue weighted by atomic mass is 32.3. The van der Waals surface area contributed by atoms with Crippen molar-refractivity contribution in [1.82, 2.24) is 4.98 Å². The molecule has 0 atom stereocenters. The number of hydrogen-bond acceptors (Lipinski definition) is 6. The Morgan fingerprint density at radius 1 is 1.12 bits per heavy atom. The van der Waals surface area contributed by atoms with Crippen LogP contribution in [-0.2, 0) is 16.8 Å². The largest absolute Gasteiger partial charge is 0.398 e. The number of halogens is 2. The normalized spacial score (nSPS) is 12.2. The van der Waals surface area contributed by atoms with E-state index in [9.17, 15) is 16.7 Å². The van der Waals surface area contributed by atoms with Crippen LogP contribution in [0.3, 0.4) is 0 Å². The molecular weight excluding hydrogens is 434 g/mol. The summed E-state index contributed by atoms with van der Waals surface area (Å²) in [6.07, 6.45) is 6.60. The number of rotatable bonds is 9. The van der Waals surface area contributed by atoms with Gasteiger partial charge < -0.3 is 11.1 Å². The summed E-state index contributed by atoms with van der Waals surface area (Å²) in [4.78, 5) is 8.34. The molecular formula is C23H22F2N4O2S. The van der Waals surface area contributed by atoms with E-state index in [0.29, 0.717) is 23.5 Å². The van der Waals surface area contributed by atoms with Crippen LogP contribution in [0.15, 0.2) is 78.1 Å². The molecule has 3 N–H and O–H groups in total. The molecule has 9 heteroatoms. The second-order valence-corrected chi connectivity index (χ2v) is 8.40. The minimum absolute atomic E-state index is 0.121. The number of pyridine rings is 1. The van der Waals surface area contributed by atoms with Gasteiger partial charge in [-0.2, -0.15) is 8.42 Å². The molecule has 0 bridgehead atoms. The summed E-state index contributed by atoms with van der Waals surface area (Å²) in [7, 11) is -4.60. The molecule has 0 spiro atoms. The second-order valence-electron chi connectivity index (χ2n) is 6.91. The molecule has 2 aromatic carbocycles. The van der Waals surface area contributed by atoms with Crippen LogP contribution in [0.4, 0.5) is 14.0 Å². The highest BCUT2D eigenvalue weighted by molar-refractivity contribution is 7.86. The SMILES string of the molecule is N/C(=C\C=NCc1cccnc1)c1cc(-c2ccc(F)cc2)ccc1NCCS(=O)(=O)F. The second kappa shape index (κ2) is 10.6. The average Bonchev–Trinajstić information content (AvgIpc) is 2.77. The van der Waals surface area contributed by atoms with E-state index in [2.05, 4.69) is 15.3 Å². The molecule has 0 aliphatic rings. The van der Waals surface area contributed by atoms with Crippen LogP contribution in [0.5, 0.6) is 0 Å². The van der Waals surface area contributed by atoms with E-state index in [1.54, 1.807) is 55.0 Å². The molecule has 0 unspecified atom stereocenters. The summed E-state index contributed by atoms with van der Waals surface area (Å²) >= 11 is 0. The highest BCUT2D eigenvalue weighted by Crippen LogP contribution is 2.28. The summed E-state index contributed by atoms with van der Waals surface area (Å²) < 4.78 is 47.7. The Bertz CT molecular complexity index is 1210. The first-order chi connectivity index (χ1) is 15.3. The van der Waals surface area contributed by atoms with Gasteiger partial charge in [0.1, 0.15) is 5.82 Å². The van der Waals surface area contributed by atoms with E-state index in [4.69, 9.17) is 5.73 Å². The van der Waals surface area contributed by atoms with Crippen LogP contribution in [-0.4, -0.2) is 31.9 Å². The number of aliphatic imine (C=N–C) groups is 1. The van der Waals surface area contributed by atoms with Crippen molar-refractivity contribution >= 4 is 27.8 Å². The zero-order chi connectivity index (χ0) is 23.0. The molecule has 0 aliphatic heterocycles. The Morgan fingerprint density at radius 2 is 1.88 bits per heavy atom. The van der Waals surface area contributed by atoms with Crippen LogP contribution in [0.2, 0.25) is 0 Å². The minimum Gasteiger partial charge on any atom is -0.398 e. The van der Waals surface area contributed by atoms with Gasteiger partial charge in [0, 0.05) is 42.1 Å². The third kappa shape index (κ3) is 6.98. The van der Waals surface area contributed by atoms with Gasteiger partial charge in [-0.25, -0.2) is 4.39 Å². The molecule has 6 nitrogen and oxygen atoms in total. The number of nitrogens with two attached hydrogens (primary N) is 1. The molecule has 1 heterocycles. The van der Waals surface area contributed by atoms with Gasteiger partial charge in [-0.3, -0.25) is 9.98 Å². The molecule has 0 saturated carbocycles. The van der Waals surface area contributed by atoms with Gasteiger partial charge in [-0.1, -0.05) is 24.3 Å². The number of hydrogen-bond donors (Lipinski definition) is 2. The zero-order valence-corrected chi connectivity index (χ0v) is 17.9. The summed E-state index contributed by atoms with van der Waals surface area (Å²) in [6.45, 7) is 0.316. The smallest absolute Gasteiger partial charge is 0.304 e. The van der Waals surface area contributed by atoms with Crippen molar-refractivity contribution in [3.8, 4) is 11.1 Å². The topological polar surface area (TPSA) is 97.4 Å². The lowest BCUT2D eigenvalue weighted by molar-refractivity contribution is 0.552.